The number of nitriles is 1. The Labute approximate surface area is 162 Å². The fourth-order valence-corrected chi connectivity index (χ4v) is 2.75. The van der Waals surface area contributed by atoms with Crippen molar-refractivity contribution in [1.29, 1.82) is 5.26 Å². The summed E-state index contributed by atoms with van der Waals surface area (Å²) in [6.07, 6.45) is 2.99. The van der Waals surface area contributed by atoms with E-state index in [0.29, 0.717) is 22.8 Å². The minimum atomic E-state index is -4.76. The molecule has 1 unspecified atom stereocenters. The lowest BCUT2D eigenvalue weighted by molar-refractivity contribution is -0.274. The predicted octanol–water partition coefficient (Wildman–Crippen LogP) is 3.51. The fourth-order valence-electron chi connectivity index (χ4n) is 2.75. The van der Waals surface area contributed by atoms with Crippen LogP contribution in [-0.2, 0) is 0 Å². The highest BCUT2D eigenvalue weighted by Gasteiger charge is 2.43. The van der Waals surface area contributed by atoms with Gasteiger partial charge in [-0.1, -0.05) is 4.59 Å². The van der Waals surface area contributed by atoms with Crippen molar-refractivity contribution in [3.8, 4) is 11.8 Å². The Morgan fingerprint density at radius 1 is 1.14 bits per heavy atom. The summed E-state index contributed by atoms with van der Waals surface area (Å²) in [5.41, 5.74) is 1.41. The van der Waals surface area contributed by atoms with Crippen molar-refractivity contribution >= 4 is 29.4 Å². The molecule has 0 aliphatic carbocycles. The minimum absolute atomic E-state index is 0.177. The number of nitrogens with zero attached hydrogens (tertiary/aromatic N) is 6. The quantitative estimate of drug-likeness (QED) is 0.801. The summed E-state index contributed by atoms with van der Waals surface area (Å²) < 4.78 is 40.5. The van der Waals surface area contributed by atoms with Crippen LogP contribution in [0.3, 0.4) is 0 Å². The molecule has 2 aliphatic rings. The molecule has 0 saturated carbocycles. The predicted molar refractivity (Wildman–Crippen MR) is 100.0 cm³/mol. The Bertz CT molecular complexity index is 1110. The van der Waals surface area contributed by atoms with Gasteiger partial charge in [-0.25, -0.2) is 0 Å². The molecule has 1 aromatic heterocycles. The zero-order valence-corrected chi connectivity index (χ0v) is 14.5. The van der Waals surface area contributed by atoms with Crippen LogP contribution in [0.5, 0.6) is 5.75 Å². The number of aromatic nitrogens is 1. The highest BCUT2D eigenvalue weighted by Crippen LogP contribution is 2.31. The Balaban J connectivity index is 1.62. The van der Waals surface area contributed by atoms with E-state index in [-0.39, 0.29) is 16.3 Å². The Morgan fingerprint density at radius 2 is 1.93 bits per heavy atom. The van der Waals surface area contributed by atoms with Crippen molar-refractivity contribution < 1.29 is 17.9 Å². The zero-order valence-electron chi connectivity index (χ0n) is 14.5. The normalized spacial score (nSPS) is 19.8. The maximum atomic E-state index is 12.3. The molecule has 1 aromatic carbocycles. The molecule has 0 fully saturated rings. The van der Waals surface area contributed by atoms with Gasteiger partial charge in [-0.2, -0.15) is 10.3 Å². The number of amidine groups is 1. The number of pyridine rings is 1. The van der Waals surface area contributed by atoms with Gasteiger partial charge in [-0.3, -0.25) is 9.98 Å². The van der Waals surface area contributed by atoms with Gasteiger partial charge in [-0.15, -0.1) is 13.2 Å². The molecule has 3 heterocycles. The first-order valence-corrected chi connectivity index (χ1v) is 8.16. The smallest absolute Gasteiger partial charge is 0.406 e. The fraction of sp³-hybridized carbons (Fsp3) is 0.0556. The molecule has 4 rings (SSSR count). The highest BCUT2D eigenvalue weighted by molar-refractivity contribution is 6.38. The third-order valence-electron chi connectivity index (χ3n) is 3.97. The third-order valence-corrected chi connectivity index (χ3v) is 3.97. The van der Waals surface area contributed by atoms with Crippen LogP contribution in [0.4, 0.5) is 24.5 Å². The molecule has 0 bridgehead atoms. The van der Waals surface area contributed by atoms with Gasteiger partial charge in [0.25, 0.3) is 11.8 Å². The first-order chi connectivity index (χ1) is 13.9. The minimum Gasteiger partial charge on any atom is -0.406 e. The molecule has 8 nitrogen and oxygen atoms in total. The van der Waals surface area contributed by atoms with Crippen molar-refractivity contribution in [2.45, 2.75) is 6.36 Å². The van der Waals surface area contributed by atoms with Crippen LogP contribution < -0.4 is 14.6 Å². The molecule has 0 radical (unpaired) electrons. The molecule has 0 spiro atoms. The molecule has 144 valence electrons. The standard InChI is InChI=1S/C18H11F3N7O/c19-18(20,21)29-15-3-1-13(2-4-15)25-17-26-16-11-23-5-6-28(16,27-17)14-7-12(8-22)9-24-10-14/h1-7,9-11H,(H,25,27)/q+1. The summed E-state index contributed by atoms with van der Waals surface area (Å²) in [6, 6.07) is 8.85. The number of hydrogen-bond acceptors (Lipinski definition) is 7. The van der Waals surface area contributed by atoms with Crippen molar-refractivity contribution in [2.24, 2.45) is 15.1 Å². The molecule has 1 atom stereocenters. The monoisotopic (exact) mass is 398 g/mol. The highest BCUT2D eigenvalue weighted by atomic mass is 19.4. The number of guanidine groups is 1. The summed E-state index contributed by atoms with van der Waals surface area (Å²) in [5.74, 6) is 0.340. The van der Waals surface area contributed by atoms with E-state index in [0.717, 1.165) is 0 Å². The van der Waals surface area contributed by atoms with Crippen LogP contribution in [0.25, 0.3) is 0 Å². The topological polar surface area (TPSA) is 95.0 Å². The van der Waals surface area contributed by atoms with Crippen molar-refractivity contribution in [3.63, 3.8) is 0 Å². The van der Waals surface area contributed by atoms with E-state index in [4.69, 9.17) is 5.26 Å². The van der Waals surface area contributed by atoms with Gasteiger partial charge >= 0.3 is 6.36 Å². The number of rotatable bonds is 3. The van der Waals surface area contributed by atoms with Crippen LogP contribution >= 0.6 is 0 Å². The largest absolute Gasteiger partial charge is 0.573 e. The van der Waals surface area contributed by atoms with Crippen molar-refractivity contribution in [3.05, 3.63) is 60.7 Å². The van der Waals surface area contributed by atoms with Crippen LogP contribution in [0.15, 0.2) is 70.2 Å². The lowest BCUT2D eigenvalue weighted by Gasteiger charge is -2.23. The molecule has 1 N–H and O–H groups in total. The Kier molecular flexibility index (Phi) is 4.33. The molecular weight excluding hydrogens is 387 g/mol. The molecule has 0 amide bonds. The molecule has 0 saturated heterocycles. The number of hydrogen-bond donors (Lipinski definition) is 1. The van der Waals surface area contributed by atoms with Crippen LogP contribution in [-0.4, -0.2) is 29.4 Å². The second-order valence-electron chi connectivity index (χ2n) is 5.90. The van der Waals surface area contributed by atoms with Gasteiger partial charge in [0.15, 0.2) is 11.9 Å². The molecule has 2 aromatic rings. The van der Waals surface area contributed by atoms with E-state index in [1.807, 2.05) is 6.07 Å². The molecule has 11 heteroatoms. The molecule has 29 heavy (non-hydrogen) atoms. The van der Waals surface area contributed by atoms with Gasteiger partial charge in [0.2, 0.25) is 0 Å². The number of halogens is 3. The SMILES string of the molecule is N#Cc1cncc([N+]23C=CN=CC2=NC(Nc2ccc(OC(F)(F)F)cc2)=N3)c1. The molecule has 2 aliphatic heterocycles. The lowest BCUT2D eigenvalue weighted by atomic mass is 10.2. The van der Waals surface area contributed by atoms with Gasteiger partial charge in [0, 0.05) is 18.0 Å². The summed E-state index contributed by atoms with van der Waals surface area (Å²) in [4.78, 5) is 12.5. The third kappa shape index (κ3) is 3.69. The summed E-state index contributed by atoms with van der Waals surface area (Å²) in [5, 5.41) is 16.6. The van der Waals surface area contributed by atoms with Gasteiger partial charge in [-0.05, 0) is 29.4 Å². The number of benzene rings is 1. The van der Waals surface area contributed by atoms with Crippen LogP contribution in [0.2, 0.25) is 0 Å². The van der Waals surface area contributed by atoms with E-state index in [2.05, 4.69) is 30.1 Å². The van der Waals surface area contributed by atoms with Crippen LogP contribution in [0, 0.1) is 11.3 Å². The molecular formula is C18H11F3N7O+. The van der Waals surface area contributed by atoms with Crippen molar-refractivity contribution in [1.82, 2.24) is 9.58 Å². The van der Waals surface area contributed by atoms with E-state index >= 15 is 0 Å². The average molecular weight is 398 g/mol. The van der Waals surface area contributed by atoms with E-state index < -0.39 is 6.36 Å². The summed E-state index contributed by atoms with van der Waals surface area (Å²) in [6.45, 7) is 0. The van der Waals surface area contributed by atoms with Gasteiger partial charge in [0.1, 0.15) is 18.0 Å². The number of anilines is 1. The maximum absolute atomic E-state index is 12.3. The van der Waals surface area contributed by atoms with Crippen molar-refractivity contribution in [2.75, 3.05) is 5.32 Å². The van der Waals surface area contributed by atoms with Gasteiger partial charge in [0.05, 0.1) is 18.0 Å². The second kappa shape index (κ2) is 6.84. The Hall–Kier alpha value is -4.04. The number of quaternary nitrogens is 1. The number of alkyl halides is 3. The summed E-state index contributed by atoms with van der Waals surface area (Å²) >= 11 is 0. The van der Waals surface area contributed by atoms with E-state index in [9.17, 15) is 13.2 Å². The summed E-state index contributed by atoms with van der Waals surface area (Å²) in [7, 11) is 0. The first-order valence-electron chi connectivity index (χ1n) is 8.16. The number of fused-ring (bicyclic) bond motifs is 1. The number of ether oxygens (including phenoxy) is 1. The Morgan fingerprint density at radius 3 is 2.66 bits per heavy atom. The number of aliphatic imine (C=N–C) groups is 2. The average Bonchev–Trinajstić information content (AvgIpc) is 3.07. The van der Waals surface area contributed by atoms with Crippen LogP contribution in [0.1, 0.15) is 5.56 Å². The lowest BCUT2D eigenvalue weighted by Crippen LogP contribution is -2.44. The van der Waals surface area contributed by atoms with E-state index in [1.54, 1.807) is 24.7 Å². The first kappa shape index (κ1) is 18.3. The zero-order chi connectivity index (χ0) is 20.5. The van der Waals surface area contributed by atoms with E-state index in [1.165, 1.54) is 36.7 Å². The second-order valence-corrected chi connectivity index (χ2v) is 5.90. The maximum Gasteiger partial charge on any atom is 0.573 e. The van der Waals surface area contributed by atoms with Gasteiger partial charge < -0.3 is 10.1 Å². The number of nitrogens with one attached hydrogen (secondary N) is 1.